The summed E-state index contributed by atoms with van der Waals surface area (Å²) < 4.78 is 1.07. The van der Waals surface area contributed by atoms with Crippen LogP contribution >= 0.6 is 15.9 Å². The lowest BCUT2D eigenvalue weighted by Crippen LogP contribution is -1.86. The number of rotatable bonds is 1. The van der Waals surface area contributed by atoms with Crippen LogP contribution in [0, 0.1) is 0 Å². The Morgan fingerprint density at radius 3 is 2.76 bits per heavy atom. The summed E-state index contributed by atoms with van der Waals surface area (Å²) in [6.45, 7) is 0. The minimum absolute atomic E-state index is 1.07. The number of allylic oxidation sites excluding steroid dienone is 1. The van der Waals surface area contributed by atoms with Gasteiger partial charge in [0, 0.05) is 10.7 Å². The quantitative estimate of drug-likeness (QED) is 0.760. The second-order valence-electron chi connectivity index (χ2n) is 4.24. The molecule has 0 amide bonds. The minimum atomic E-state index is 1.07. The Morgan fingerprint density at radius 2 is 1.94 bits per heavy atom. The molecule has 0 aliphatic heterocycles. The van der Waals surface area contributed by atoms with Crippen molar-refractivity contribution in [3.05, 3.63) is 63.9 Å². The van der Waals surface area contributed by atoms with Crippen LogP contribution in [0.2, 0.25) is 0 Å². The van der Waals surface area contributed by atoms with Crippen LogP contribution in [0.1, 0.15) is 23.2 Å². The number of aromatic nitrogens is 1. The van der Waals surface area contributed by atoms with Crippen molar-refractivity contribution in [2.75, 3.05) is 0 Å². The van der Waals surface area contributed by atoms with Gasteiger partial charge in [0.2, 0.25) is 0 Å². The fraction of sp³-hybridized carbons (Fsp3) is 0.133. The maximum atomic E-state index is 4.52. The summed E-state index contributed by atoms with van der Waals surface area (Å²) >= 11 is 3.47. The SMILES string of the molecule is Brc1cnc2c(c1)CC/C2=C/c1ccccc1. The molecule has 0 fully saturated rings. The van der Waals surface area contributed by atoms with Crippen molar-refractivity contribution in [1.29, 1.82) is 0 Å². The van der Waals surface area contributed by atoms with Gasteiger partial charge < -0.3 is 0 Å². The highest BCUT2D eigenvalue weighted by molar-refractivity contribution is 9.10. The third kappa shape index (κ3) is 2.18. The molecule has 2 heteroatoms. The van der Waals surface area contributed by atoms with Crippen LogP contribution in [0.5, 0.6) is 0 Å². The first-order valence-electron chi connectivity index (χ1n) is 5.73. The normalized spacial score (nSPS) is 16.2. The van der Waals surface area contributed by atoms with Crippen LogP contribution in [0.3, 0.4) is 0 Å². The van der Waals surface area contributed by atoms with Gasteiger partial charge in [0.05, 0.1) is 5.69 Å². The molecule has 17 heavy (non-hydrogen) atoms. The molecule has 1 aromatic heterocycles. The number of aryl methyl sites for hydroxylation is 1. The van der Waals surface area contributed by atoms with Gasteiger partial charge in [-0.2, -0.15) is 0 Å². The Balaban J connectivity index is 2.02. The van der Waals surface area contributed by atoms with E-state index in [9.17, 15) is 0 Å². The number of pyridine rings is 1. The third-order valence-corrected chi connectivity index (χ3v) is 3.48. The van der Waals surface area contributed by atoms with Crippen molar-refractivity contribution in [3.8, 4) is 0 Å². The Kier molecular flexibility index (Phi) is 2.81. The van der Waals surface area contributed by atoms with Crippen LogP contribution in [-0.2, 0) is 6.42 Å². The first-order valence-corrected chi connectivity index (χ1v) is 6.52. The molecule has 84 valence electrons. The Labute approximate surface area is 109 Å². The second-order valence-corrected chi connectivity index (χ2v) is 5.16. The van der Waals surface area contributed by atoms with Crippen molar-refractivity contribution >= 4 is 27.6 Å². The van der Waals surface area contributed by atoms with Gasteiger partial charge in [0.1, 0.15) is 0 Å². The van der Waals surface area contributed by atoms with E-state index >= 15 is 0 Å². The Bertz CT molecular complexity index is 573. The molecule has 1 heterocycles. The standard InChI is InChI=1S/C15H12BrN/c16-14-9-13-7-6-12(15(13)17-10-14)8-11-4-2-1-3-5-11/h1-5,8-10H,6-7H2/b12-8-. The van der Waals surface area contributed by atoms with E-state index in [0.29, 0.717) is 0 Å². The molecule has 0 atom stereocenters. The largest absolute Gasteiger partial charge is 0.255 e. The van der Waals surface area contributed by atoms with Crippen molar-refractivity contribution in [2.24, 2.45) is 0 Å². The van der Waals surface area contributed by atoms with Gasteiger partial charge in [-0.25, -0.2) is 0 Å². The van der Waals surface area contributed by atoms with Gasteiger partial charge in [-0.15, -0.1) is 0 Å². The monoisotopic (exact) mass is 285 g/mol. The highest BCUT2D eigenvalue weighted by Crippen LogP contribution is 2.33. The molecule has 1 aliphatic rings. The number of halogens is 1. The molecule has 1 nitrogen and oxygen atoms in total. The van der Waals surface area contributed by atoms with E-state index in [1.807, 2.05) is 12.3 Å². The van der Waals surface area contributed by atoms with Gasteiger partial charge in [-0.3, -0.25) is 4.98 Å². The number of benzene rings is 1. The lowest BCUT2D eigenvalue weighted by atomic mass is 10.1. The maximum absolute atomic E-state index is 4.52. The van der Waals surface area contributed by atoms with Gasteiger partial charge in [-0.1, -0.05) is 30.3 Å². The average Bonchev–Trinajstić information content (AvgIpc) is 2.73. The predicted octanol–water partition coefficient (Wildman–Crippen LogP) is 4.33. The molecule has 0 unspecified atom stereocenters. The highest BCUT2D eigenvalue weighted by Gasteiger charge is 2.17. The molecule has 1 aromatic carbocycles. The fourth-order valence-corrected chi connectivity index (χ4v) is 2.62. The fourth-order valence-electron chi connectivity index (χ4n) is 2.24. The second kappa shape index (κ2) is 4.46. The summed E-state index contributed by atoms with van der Waals surface area (Å²) in [5, 5.41) is 0. The van der Waals surface area contributed by atoms with E-state index < -0.39 is 0 Å². The van der Waals surface area contributed by atoms with Crippen LogP contribution in [0.25, 0.3) is 11.6 Å². The summed E-state index contributed by atoms with van der Waals surface area (Å²) in [7, 11) is 0. The third-order valence-electron chi connectivity index (χ3n) is 3.04. The zero-order valence-electron chi connectivity index (χ0n) is 9.36. The smallest absolute Gasteiger partial charge is 0.0694 e. The summed E-state index contributed by atoms with van der Waals surface area (Å²) in [6, 6.07) is 12.6. The first-order chi connectivity index (χ1) is 8.33. The summed E-state index contributed by atoms with van der Waals surface area (Å²) in [5.74, 6) is 0. The number of hydrogen-bond acceptors (Lipinski definition) is 1. The lowest BCUT2D eigenvalue weighted by molar-refractivity contribution is 1.08. The molecule has 0 saturated carbocycles. The van der Waals surface area contributed by atoms with Crippen molar-refractivity contribution < 1.29 is 0 Å². The Hall–Kier alpha value is -1.41. The molecular formula is C15H12BrN. The number of nitrogens with zero attached hydrogens (tertiary/aromatic N) is 1. The molecule has 0 saturated heterocycles. The van der Waals surface area contributed by atoms with E-state index in [1.165, 1.54) is 16.7 Å². The highest BCUT2D eigenvalue weighted by atomic mass is 79.9. The summed E-state index contributed by atoms with van der Waals surface area (Å²) in [5.41, 5.74) is 5.11. The summed E-state index contributed by atoms with van der Waals surface area (Å²) in [6.07, 6.45) is 6.31. The van der Waals surface area contributed by atoms with Gasteiger partial charge in [0.25, 0.3) is 0 Å². The van der Waals surface area contributed by atoms with Gasteiger partial charge in [-0.05, 0) is 57.6 Å². The van der Waals surface area contributed by atoms with Crippen molar-refractivity contribution in [2.45, 2.75) is 12.8 Å². The molecule has 3 rings (SSSR count). The van der Waals surface area contributed by atoms with Crippen LogP contribution in [-0.4, -0.2) is 4.98 Å². The molecule has 0 radical (unpaired) electrons. The van der Waals surface area contributed by atoms with E-state index in [4.69, 9.17) is 0 Å². The zero-order chi connectivity index (χ0) is 11.7. The van der Waals surface area contributed by atoms with E-state index in [-0.39, 0.29) is 0 Å². The van der Waals surface area contributed by atoms with Crippen LogP contribution < -0.4 is 0 Å². The lowest BCUT2D eigenvalue weighted by Gasteiger charge is -2.01. The van der Waals surface area contributed by atoms with E-state index in [1.54, 1.807) is 0 Å². The Morgan fingerprint density at radius 1 is 1.12 bits per heavy atom. The maximum Gasteiger partial charge on any atom is 0.0694 e. The molecule has 0 spiro atoms. The van der Waals surface area contributed by atoms with Crippen molar-refractivity contribution in [3.63, 3.8) is 0 Å². The van der Waals surface area contributed by atoms with E-state index in [0.717, 1.165) is 23.0 Å². The zero-order valence-corrected chi connectivity index (χ0v) is 10.9. The van der Waals surface area contributed by atoms with Gasteiger partial charge >= 0.3 is 0 Å². The van der Waals surface area contributed by atoms with E-state index in [2.05, 4.69) is 57.3 Å². The van der Waals surface area contributed by atoms with Crippen LogP contribution in [0.15, 0.2) is 47.1 Å². The molecule has 1 aliphatic carbocycles. The predicted molar refractivity (Wildman–Crippen MR) is 74.6 cm³/mol. The number of hydrogen-bond donors (Lipinski definition) is 0. The molecular weight excluding hydrogens is 274 g/mol. The summed E-state index contributed by atoms with van der Waals surface area (Å²) in [4.78, 5) is 4.52. The molecule has 0 N–H and O–H groups in total. The molecule has 2 aromatic rings. The average molecular weight is 286 g/mol. The first kappa shape index (κ1) is 10.7. The number of fused-ring (bicyclic) bond motifs is 1. The van der Waals surface area contributed by atoms with Crippen molar-refractivity contribution in [1.82, 2.24) is 4.98 Å². The minimum Gasteiger partial charge on any atom is -0.255 e. The topological polar surface area (TPSA) is 12.9 Å². The van der Waals surface area contributed by atoms with Gasteiger partial charge in [0.15, 0.2) is 0 Å². The molecule has 0 bridgehead atoms. The van der Waals surface area contributed by atoms with Crippen LogP contribution in [0.4, 0.5) is 0 Å².